The summed E-state index contributed by atoms with van der Waals surface area (Å²) >= 11 is 3.33. The summed E-state index contributed by atoms with van der Waals surface area (Å²) in [4.78, 5) is 30.4. The van der Waals surface area contributed by atoms with E-state index < -0.39 is 26.0 Å². The van der Waals surface area contributed by atoms with Gasteiger partial charge < -0.3 is 4.90 Å². The number of sulfonamides is 2. The topological polar surface area (TPSA) is 144 Å². The molecule has 3 N–H and O–H groups in total. The van der Waals surface area contributed by atoms with Gasteiger partial charge in [-0.15, -0.1) is 0 Å². The number of rotatable bonds is 6. The zero-order valence-electron chi connectivity index (χ0n) is 26.5. The van der Waals surface area contributed by atoms with Gasteiger partial charge in [0.15, 0.2) is 11.6 Å². The van der Waals surface area contributed by atoms with E-state index in [1.54, 1.807) is 42.5 Å². The largest absolute Gasteiger partial charge is 0.317 e. The van der Waals surface area contributed by atoms with Crippen LogP contribution in [0.5, 0.6) is 0 Å². The Morgan fingerprint density at radius 2 is 1.26 bits per heavy atom. The molecule has 0 spiro atoms. The van der Waals surface area contributed by atoms with E-state index in [4.69, 9.17) is 5.14 Å². The highest BCUT2D eigenvalue weighted by molar-refractivity contribution is 9.10. The van der Waals surface area contributed by atoms with Gasteiger partial charge in [-0.3, -0.25) is 14.3 Å². The molecular formula is C35H36BrN3O6S2. The lowest BCUT2D eigenvalue weighted by atomic mass is 9.63. The third-order valence-corrected chi connectivity index (χ3v) is 11.8. The van der Waals surface area contributed by atoms with Crippen LogP contribution in [-0.4, -0.2) is 28.4 Å². The Kier molecular flexibility index (Phi) is 8.18. The molecule has 0 saturated carbocycles. The van der Waals surface area contributed by atoms with E-state index in [-0.39, 0.29) is 45.0 Å². The normalized spacial score (nSPS) is 19.8. The fraction of sp³-hybridized carbons (Fsp3) is 0.314. The molecule has 0 saturated heterocycles. The monoisotopic (exact) mass is 737 g/mol. The number of ketones is 2. The molecule has 6 rings (SSSR count). The number of hydrogen-bond donors (Lipinski definition) is 2. The first-order valence-corrected chi connectivity index (χ1v) is 19.0. The number of allylic oxidation sites excluding steroid dienone is 4. The van der Waals surface area contributed by atoms with Crippen molar-refractivity contribution >= 4 is 58.9 Å². The molecule has 12 heteroatoms. The quantitative estimate of drug-likeness (QED) is 0.284. The van der Waals surface area contributed by atoms with Crippen LogP contribution in [-0.2, 0) is 29.6 Å². The molecule has 47 heavy (non-hydrogen) atoms. The lowest BCUT2D eigenvalue weighted by Crippen LogP contribution is -2.44. The fourth-order valence-corrected chi connectivity index (χ4v) is 8.83. The maximum Gasteiger partial charge on any atom is 0.261 e. The zero-order valence-corrected chi connectivity index (χ0v) is 29.7. The van der Waals surface area contributed by atoms with Crippen LogP contribution in [0.2, 0.25) is 0 Å². The first kappa shape index (κ1) is 33.3. The van der Waals surface area contributed by atoms with Crippen LogP contribution in [0.4, 0.5) is 11.4 Å². The summed E-state index contributed by atoms with van der Waals surface area (Å²) in [6, 6.07) is 19.4. The molecule has 0 unspecified atom stereocenters. The summed E-state index contributed by atoms with van der Waals surface area (Å²) in [6.45, 7) is 8.12. The molecule has 3 aliphatic rings. The van der Waals surface area contributed by atoms with Crippen molar-refractivity contribution in [1.29, 1.82) is 0 Å². The Hall–Kier alpha value is -3.58. The van der Waals surface area contributed by atoms with Crippen LogP contribution in [0.15, 0.2) is 110 Å². The number of halogens is 1. The Morgan fingerprint density at radius 3 is 1.77 bits per heavy atom. The van der Waals surface area contributed by atoms with Crippen LogP contribution in [0.25, 0.3) is 0 Å². The van der Waals surface area contributed by atoms with E-state index in [0.29, 0.717) is 40.9 Å². The number of hydrogen-bond acceptors (Lipinski definition) is 7. The summed E-state index contributed by atoms with van der Waals surface area (Å²) in [7, 11) is -7.86. The third kappa shape index (κ3) is 6.48. The number of nitrogens with one attached hydrogen (secondary N) is 1. The molecular weight excluding hydrogens is 702 g/mol. The predicted octanol–water partition coefficient (Wildman–Crippen LogP) is 6.79. The van der Waals surface area contributed by atoms with E-state index >= 15 is 0 Å². The summed E-state index contributed by atoms with van der Waals surface area (Å²) in [5.74, 6) is -0.876. The van der Waals surface area contributed by atoms with E-state index in [1.165, 1.54) is 24.3 Å². The van der Waals surface area contributed by atoms with Crippen molar-refractivity contribution in [1.82, 2.24) is 0 Å². The Bertz CT molecular complexity index is 2050. The SMILES string of the molecule is CC1(C)CC(=O)C2=C(C1)N(c1ccc(S(N)(=O)=O)cc1)C1=C(C(=O)CC(C)(C)C1)C2c1cccc(NS(=O)(=O)c2ccc(Br)cc2)c1. The molecule has 0 amide bonds. The summed E-state index contributed by atoms with van der Waals surface area (Å²) < 4.78 is 54.1. The number of anilines is 2. The maximum atomic E-state index is 14.2. The fourth-order valence-electron chi connectivity index (χ4n) is 7.00. The van der Waals surface area contributed by atoms with Gasteiger partial charge in [0.2, 0.25) is 10.0 Å². The van der Waals surface area contributed by atoms with Crippen molar-refractivity contribution in [2.75, 3.05) is 9.62 Å². The number of benzene rings is 3. The standard InChI is InChI=1S/C35H36BrN3O6S2/c1-34(2)17-27-32(29(40)19-34)31(21-6-5-7-23(16-21)38-47(44,45)26-12-8-22(36)9-13-26)33-28(18-35(3,4)20-30(33)41)39(27)24-10-14-25(15-11-24)46(37,42)43/h5-16,31,38H,17-20H2,1-4H3,(H2,37,42,43). The number of carbonyl (C=O) groups is 2. The molecule has 1 heterocycles. The average Bonchev–Trinajstić information content (AvgIpc) is 2.95. The van der Waals surface area contributed by atoms with Gasteiger partial charge in [-0.1, -0.05) is 55.8 Å². The van der Waals surface area contributed by atoms with Crippen LogP contribution in [0.1, 0.15) is 64.9 Å². The van der Waals surface area contributed by atoms with Crippen LogP contribution < -0.4 is 14.8 Å². The van der Waals surface area contributed by atoms with Gasteiger partial charge in [0, 0.05) is 57.1 Å². The van der Waals surface area contributed by atoms with E-state index in [0.717, 1.165) is 15.9 Å². The van der Waals surface area contributed by atoms with Gasteiger partial charge in [-0.05, 0) is 89.9 Å². The van der Waals surface area contributed by atoms with Crippen molar-refractivity contribution < 1.29 is 26.4 Å². The van der Waals surface area contributed by atoms with Crippen molar-refractivity contribution in [2.24, 2.45) is 16.0 Å². The van der Waals surface area contributed by atoms with Crippen LogP contribution in [0, 0.1) is 10.8 Å². The molecule has 2 aliphatic carbocycles. The first-order valence-electron chi connectivity index (χ1n) is 15.2. The number of Topliss-reactive ketones (excluding diaryl/α,β-unsaturated/α-hetero) is 2. The van der Waals surface area contributed by atoms with Crippen LogP contribution >= 0.6 is 15.9 Å². The maximum absolute atomic E-state index is 14.2. The Morgan fingerprint density at radius 1 is 0.745 bits per heavy atom. The van der Waals surface area contributed by atoms with Crippen molar-refractivity contribution in [3.63, 3.8) is 0 Å². The lowest BCUT2D eigenvalue weighted by Gasteiger charge is -2.49. The molecule has 1 aliphatic heterocycles. The minimum Gasteiger partial charge on any atom is -0.317 e. The highest BCUT2D eigenvalue weighted by atomic mass is 79.9. The zero-order chi connectivity index (χ0) is 34.1. The molecule has 0 radical (unpaired) electrons. The van der Waals surface area contributed by atoms with Crippen molar-refractivity contribution in [3.05, 3.63) is 105 Å². The van der Waals surface area contributed by atoms with E-state index in [1.807, 2.05) is 38.7 Å². The highest BCUT2D eigenvalue weighted by Crippen LogP contribution is 2.55. The highest BCUT2D eigenvalue weighted by Gasteiger charge is 2.49. The number of carbonyl (C=O) groups excluding carboxylic acids is 2. The summed E-state index contributed by atoms with van der Waals surface area (Å²) in [5, 5.41) is 5.38. The second-order valence-corrected chi connectivity index (χ2v) is 18.3. The van der Waals surface area contributed by atoms with Crippen LogP contribution in [0.3, 0.4) is 0 Å². The molecule has 0 bridgehead atoms. The molecule has 0 atom stereocenters. The van der Waals surface area contributed by atoms with E-state index in [9.17, 15) is 26.4 Å². The van der Waals surface area contributed by atoms with Crippen molar-refractivity contribution in [2.45, 2.75) is 69.1 Å². The molecule has 3 aromatic carbocycles. The first-order chi connectivity index (χ1) is 21.9. The molecule has 0 fully saturated rings. The summed E-state index contributed by atoms with van der Waals surface area (Å²) in [6.07, 6.45) is 1.61. The van der Waals surface area contributed by atoms with Gasteiger partial charge >= 0.3 is 0 Å². The predicted molar refractivity (Wildman–Crippen MR) is 185 cm³/mol. The lowest BCUT2D eigenvalue weighted by molar-refractivity contribution is -0.119. The Balaban J connectivity index is 1.54. The Labute approximate surface area is 284 Å². The third-order valence-electron chi connectivity index (χ3n) is 8.93. The molecule has 0 aromatic heterocycles. The average molecular weight is 739 g/mol. The van der Waals surface area contributed by atoms with E-state index in [2.05, 4.69) is 20.7 Å². The molecule has 3 aromatic rings. The van der Waals surface area contributed by atoms with Gasteiger partial charge in [0.05, 0.1) is 9.79 Å². The van der Waals surface area contributed by atoms with Crippen molar-refractivity contribution in [3.8, 4) is 0 Å². The van der Waals surface area contributed by atoms with Gasteiger partial charge in [-0.25, -0.2) is 22.0 Å². The number of nitrogens with zero attached hydrogens (tertiary/aromatic N) is 1. The molecule has 246 valence electrons. The number of nitrogens with two attached hydrogens (primary N) is 1. The van der Waals surface area contributed by atoms with Gasteiger partial charge in [-0.2, -0.15) is 0 Å². The minimum atomic E-state index is -3.94. The number of primary sulfonamides is 1. The van der Waals surface area contributed by atoms with Gasteiger partial charge in [0.25, 0.3) is 10.0 Å². The second-order valence-electron chi connectivity index (χ2n) is 14.1. The molecule has 9 nitrogen and oxygen atoms in total. The summed E-state index contributed by atoms with van der Waals surface area (Å²) in [5.41, 5.74) is 3.31. The van der Waals surface area contributed by atoms with Gasteiger partial charge in [0.1, 0.15) is 0 Å². The minimum absolute atomic E-state index is 0.0398. The second kappa shape index (κ2) is 11.5. The smallest absolute Gasteiger partial charge is 0.261 e.